The van der Waals surface area contributed by atoms with E-state index in [2.05, 4.69) is 21.9 Å². The van der Waals surface area contributed by atoms with Gasteiger partial charge in [0.05, 0.1) is 17.8 Å². The van der Waals surface area contributed by atoms with E-state index in [1.54, 1.807) is 25.3 Å². The van der Waals surface area contributed by atoms with E-state index < -0.39 is 5.91 Å². The highest BCUT2D eigenvalue weighted by molar-refractivity contribution is 6.01. The van der Waals surface area contributed by atoms with Gasteiger partial charge in [-0.1, -0.05) is 6.58 Å². The Kier molecular flexibility index (Phi) is 3.33. The Morgan fingerprint density at radius 2 is 2.26 bits per heavy atom. The Balaban J connectivity index is 2.47. The molecule has 98 valence electrons. The first-order valence-corrected chi connectivity index (χ1v) is 5.60. The lowest BCUT2D eigenvalue weighted by atomic mass is 10.1. The molecule has 2 rings (SSSR count). The second kappa shape index (κ2) is 4.93. The molecule has 19 heavy (non-hydrogen) atoms. The lowest BCUT2D eigenvalue weighted by Crippen LogP contribution is -2.26. The normalized spacial score (nSPS) is 10.4. The van der Waals surface area contributed by atoms with Crippen LogP contribution in [0.2, 0.25) is 0 Å². The van der Waals surface area contributed by atoms with Crippen LogP contribution in [0.4, 0.5) is 0 Å². The third kappa shape index (κ3) is 2.47. The van der Waals surface area contributed by atoms with Gasteiger partial charge in [0.2, 0.25) is 0 Å². The lowest BCUT2D eigenvalue weighted by Gasteiger charge is -2.09. The summed E-state index contributed by atoms with van der Waals surface area (Å²) < 4.78 is 0. The topological polar surface area (TPSA) is 95.3 Å². The van der Waals surface area contributed by atoms with Gasteiger partial charge < -0.3 is 15.5 Å². The minimum atomic E-state index is -0.582. The van der Waals surface area contributed by atoms with Gasteiger partial charge in [0, 0.05) is 11.6 Å². The van der Waals surface area contributed by atoms with Gasteiger partial charge in [0.25, 0.3) is 5.91 Å². The summed E-state index contributed by atoms with van der Waals surface area (Å²) in [5.41, 5.74) is 0.990. The van der Waals surface area contributed by atoms with Crippen molar-refractivity contribution < 1.29 is 15.0 Å². The molecule has 3 N–H and O–H groups in total. The number of carbonyl (C=O) groups is 1. The maximum Gasteiger partial charge on any atom is 0.274 e. The molecule has 0 atom stereocenters. The molecule has 2 aromatic rings. The van der Waals surface area contributed by atoms with Crippen LogP contribution in [0, 0.1) is 6.92 Å². The third-order valence-electron chi connectivity index (χ3n) is 2.58. The number of fused-ring (bicyclic) bond motifs is 1. The molecule has 2 aromatic heterocycles. The van der Waals surface area contributed by atoms with Gasteiger partial charge in [0.15, 0.2) is 11.4 Å². The molecular weight excluding hydrogens is 246 g/mol. The monoisotopic (exact) mass is 259 g/mol. The predicted octanol–water partition coefficient (Wildman–Crippen LogP) is 1.45. The number of aryl methyl sites for hydroxylation is 1. The second-order valence-electron chi connectivity index (χ2n) is 4.04. The molecule has 0 unspecified atom stereocenters. The molecule has 0 aromatic carbocycles. The molecule has 0 bridgehead atoms. The van der Waals surface area contributed by atoms with Crippen molar-refractivity contribution in [1.29, 1.82) is 0 Å². The average Bonchev–Trinajstić information content (AvgIpc) is 2.40. The fourth-order valence-electron chi connectivity index (χ4n) is 1.71. The number of aliphatic hydroxyl groups is 1. The Labute approximate surface area is 109 Å². The van der Waals surface area contributed by atoms with Crippen molar-refractivity contribution in [2.24, 2.45) is 0 Å². The molecule has 0 aliphatic carbocycles. The first-order chi connectivity index (χ1) is 9.00. The van der Waals surface area contributed by atoms with Crippen LogP contribution in [0.1, 0.15) is 16.2 Å². The van der Waals surface area contributed by atoms with E-state index in [1.165, 1.54) is 0 Å². The maximum atomic E-state index is 11.9. The molecule has 1 amide bonds. The fraction of sp³-hybridized carbons (Fsp3) is 0.154. The summed E-state index contributed by atoms with van der Waals surface area (Å²) >= 11 is 0. The number of pyridine rings is 2. The number of rotatable bonds is 3. The van der Waals surface area contributed by atoms with Gasteiger partial charge in [-0.3, -0.25) is 9.78 Å². The molecule has 0 spiro atoms. The quantitative estimate of drug-likeness (QED) is 0.725. The number of hydrogen-bond acceptors (Lipinski definition) is 5. The number of aliphatic hydroxyl groups excluding tert-OH is 1. The molecule has 6 heteroatoms. The van der Waals surface area contributed by atoms with Crippen LogP contribution in [0.3, 0.4) is 0 Å². The number of amides is 1. The maximum absolute atomic E-state index is 11.9. The van der Waals surface area contributed by atoms with Crippen molar-refractivity contribution in [3.63, 3.8) is 0 Å². The molecule has 2 heterocycles. The van der Waals surface area contributed by atoms with Gasteiger partial charge >= 0.3 is 0 Å². The molecule has 0 aliphatic heterocycles. The van der Waals surface area contributed by atoms with Crippen LogP contribution in [0.25, 0.3) is 10.9 Å². The Morgan fingerprint density at radius 3 is 2.95 bits per heavy atom. The summed E-state index contributed by atoms with van der Waals surface area (Å²) in [5.74, 6) is -0.983. The van der Waals surface area contributed by atoms with Crippen molar-refractivity contribution in [3.8, 4) is 5.75 Å². The van der Waals surface area contributed by atoms with Crippen LogP contribution in [-0.2, 0) is 0 Å². The summed E-state index contributed by atoms with van der Waals surface area (Å²) in [4.78, 5) is 20.0. The number of aromatic nitrogens is 2. The van der Waals surface area contributed by atoms with Gasteiger partial charge in [-0.2, -0.15) is 0 Å². The number of nitrogens with one attached hydrogen (secondary N) is 1. The van der Waals surface area contributed by atoms with E-state index in [9.17, 15) is 9.90 Å². The van der Waals surface area contributed by atoms with E-state index in [0.29, 0.717) is 16.6 Å². The van der Waals surface area contributed by atoms with E-state index in [0.717, 1.165) is 0 Å². The smallest absolute Gasteiger partial charge is 0.274 e. The van der Waals surface area contributed by atoms with Crippen molar-refractivity contribution in [2.75, 3.05) is 6.54 Å². The molecular formula is C13H13N3O3. The number of hydrogen-bond donors (Lipinski definition) is 3. The molecule has 6 nitrogen and oxygen atoms in total. The molecule has 0 saturated carbocycles. The second-order valence-corrected chi connectivity index (χ2v) is 4.04. The highest BCUT2D eigenvalue weighted by Gasteiger charge is 2.17. The molecule has 0 fully saturated rings. The zero-order valence-corrected chi connectivity index (χ0v) is 10.3. The summed E-state index contributed by atoms with van der Waals surface area (Å²) in [5, 5.41) is 21.9. The SMILES string of the molecule is C=C(O)CNC(=O)c1nc(C)c2ncccc2c1O. The van der Waals surface area contributed by atoms with Gasteiger partial charge in [-0.05, 0) is 19.1 Å². The third-order valence-corrected chi connectivity index (χ3v) is 2.58. The van der Waals surface area contributed by atoms with Crippen molar-refractivity contribution in [3.05, 3.63) is 42.1 Å². The number of nitrogens with zero attached hydrogens (tertiary/aromatic N) is 2. The Bertz CT molecular complexity index is 667. The number of aromatic hydroxyl groups is 1. The predicted molar refractivity (Wildman–Crippen MR) is 70.0 cm³/mol. The van der Waals surface area contributed by atoms with E-state index in [-0.39, 0.29) is 23.7 Å². The van der Waals surface area contributed by atoms with Crippen LogP contribution in [0.5, 0.6) is 5.75 Å². The highest BCUT2D eigenvalue weighted by Crippen LogP contribution is 2.27. The minimum absolute atomic E-state index is 0.0932. The van der Waals surface area contributed by atoms with E-state index >= 15 is 0 Å². The highest BCUT2D eigenvalue weighted by atomic mass is 16.3. The summed E-state index contributed by atoms with van der Waals surface area (Å²) in [7, 11) is 0. The van der Waals surface area contributed by atoms with Gasteiger partial charge in [0.1, 0.15) is 5.76 Å². The average molecular weight is 259 g/mol. The summed E-state index contributed by atoms with van der Waals surface area (Å²) in [6, 6.07) is 3.33. The van der Waals surface area contributed by atoms with Crippen molar-refractivity contribution >= 4 is 16.8 Å². The van der Waals surface area contributed by atoms with Gasteiger partial charge in [-0.15, -0.1) is 0 Å². The summed E-state index contributed by atoms with van der Waals surface area (Å²) in [6.45, 7) is 4.87. The first kappa shape index (κ1) is 12.8. The summed E-state index contributed by atoms with van der Waals surface area (Å²) in [6.07, 6.45) is 1.59. The van der Waals surface area contributed by atoms with Crippen LogP contribution < -0.4 is 5.32 Å². The Hall–Kier alpha value is -2.63. The van der Waals surface area contributed by atoms with Crippen molar-refractivity contribution in [2.45, 2.75) is 6.92 Å². The standard InChI is InChI=1S/C13H13N3O3/c1-7(17)6-15-13(19)11-12(18)9-4-3-5-14-10(9)8(2)16-11/h3-5,17-18H,1,6H2,2H3,(H,15,19). The zero-order valence-electron chi connectivity index (χ0n) is 10.3. The molecule has 0 saturated heterocycles. The van der Waals surface area contributed by atoms with Crippen molar-refractivity contribution in [1.82, 2.24) is 15.3 Å². The minimum Gasteiger partial charge on any atom is -0.511 e. The molecule has 0 radical (unpaired) electrons. The van der Waals surface area contributed by atoms with E-state index in [1.807, 2.05) is 0 Å². The largest absolute Gasteiger partial charge is 0.511 e. The number of carbonyl (C=O) groups excluding carboxylic acids is 1. The van der Waals surface area contributed by atoms with Crippen LogP contribution >= 0.6 is 0 Å². The molecule has 0 aliphatic rings. The van der Waals surface area contributed by atoms with Crippen LogP contribution in [-0.4, -0.2) is 32.6 Å². The zero-order chi connectivity index (χ0) is 14.0. The first-order valence-electron chi connectivity index (χ1n) is 5.60. The van der Waals surface area contributed by atoms with Crippen LogP contribution in [0.15, 0.2) is 30.7 Å². The lowest BCUT2D eigenvalue weighted by molar-refractivity contribution is 0.0944. The fourth-order valence-corrected chi connectivity index (χ4v) is 1.71. The Morgan fingerprint density at radius 1 is 1.53 bits per heavy atom. The van der Waals surface area contributed by atoms with Gasteiger partial charge in [-0.25, -0.2) is 4.98 Å². The van der Waals surface area contributed by atoms with E-state index in [4.69, 9.17) is 5.11 Å².